The first-order valence-electron chi connectivity index (χ1n) is 13.5. The predicted molar refractivity (Wildman–Crippen MR) is 161 cm³/mol. The average molecular weight is 528 g/mol. The van der Waals surface area contributed by atoms with Crippen LogP contribution in [0.15, 0.2) is 0 Å². The van der Waals surface area contributed by atoms with Gasteiger partial charge < -0.3 is 25.4 Å². The number of ether oxygens (including phenoxy) is 2. The van der Waals surface area contributed by atoms with Gasteiger partial charge in [0.1, 0.15) is 0 Å². The summed E-state index contributed by atoms with van der Waals surface area (Å²) in [6.45, 7) is 29.3. The van der Waals surface area contributed by atoms with Crippen molar-refractivity contribution in [2.24, 2.45) is 0 Å². The van der Waals surface area contributed by atoms with E-state index in [4.69, 9.17) is 9.47 Å². The van der Waals surface area contributed by atoms with Gasteiger partial charge in [-0.25, -0.2) is 0 Å². The summed E-state index contributed by atoms with van der Waals surface area (Å²) in [5, 5.41) is 8.35. The molecule has 7 nitrogen and oxygen atoms in total. The van der Waals surface area contributed by atoms with Gasteiger partial charge in [-0.15, -0.1) is 9.24 Å². The Morgan fingerprint density at radius 2 is 1.43 bits per heavy atom. The van der Waals surface area contributed by atoms with Gasteiger partial charge in [-0.1, -0.05) is 69.2 Å². The topological polar surface area (TPSA) is 88.7 Å². The molecule has 0 aliphatic rings. The maximum absolute atomic E-state index is 10.9. The molecule has 0 aliphatic carbocycles. The normalized spacial score (nSPS) is 10.4. The summed E-state index contributed by atoms with van der Waals surface area (Å²) in [6.07, 6.45) is 2.89. The van der Waals surface area contributed by atoms with Crippen molar-refractivity contribution >= 4 is 21.6 Å². The Hall–Kier alpha value is -0.750. The van der Waals surface area contributed by atoms with Crippen molar-refractivity contribution in [1.29, 1.82) is 0 Å². The summed E-state index contributed by atoms with van der Waals surface area (Å²) in [5.74, 6) is 0.0199. The zero-order valence-corrected chi connectivity index (χ0v) is 27.5. The number of nitrogens with one attached hydrogen (secondary N) is 3. The summed E-state index contributed by atoms with van der Waals surface area (Å²) >= 11 is 0. The lowest BCUT2D eigenvalue weighted by Crippen LogP contribution is -2.33. The molecule has 0 aromatic carbocycles. The Bertz CT molecular complexity index is 391. The van der Waals surface area contributed by atoms with Crippen molar-refractivity contribution in [3.63, 3.8) is 0 Å². The van der Waals surface area contributed by atoms with Crippen LogP contribution in [0.2, 0.25) is 0 Å². The second-order valence-corrected chi connectivity index (χ2v) is 9.42. The van der Waals surface area contributed by atoms with Crippen LogP contribution in [0.25, 0.3) is 0 Å². The zero-order chi connectivity index (χ0) is 29.3. The minimum absolute atomic E-state index is 0.0170. The van der Waals surface area contributed by atoms with Gasteiger partial charge in [0.25, 0.3) is 0 Å². The van der Waals surface area contributed by atoms with Crippen molar-refractivity contribution in [3.05, 3.63) is 0 Å². The van der Waals surface area contributed by atoms with Crippen LogP contribution in [0.3, 0.4) is 0 Å². The summed E-state index contributed by atoms with van der Waals surface area (Å²) < 4.78 is 11.2. The number of carbonyl (C=O) groups is 2. The molecule has 0 radical (unpaired) electrons. The number of rotatable bonds is 14. The van der Waals surface area contributed by atoms with Gasteiger partial charge in [-0.3, -0.25) is 9.59 Å². The molecule has 218 valence electrons. The van der Waals surface area contributed by atoms with Crippen LogP contribution in [-0.4, -0.2) is 69.6 Å². The third-order valence-corrected chi connectivity index (χ3v) is 3.77. The van der Waals surface area contributed by atoms with Gasteiger partial charge in [0, 0.05) is 25.2 Å². The smallest absolute Gasteiger partial charge is 0.219 e. The number of amides is 2. The molecule has 8 heteroatoms. The minimum atomic E-state index is -0.0170. The molecule has 0 saturated heterocycles. The van der Waals surface area contributed by atoms with Crippen LogP contribution < -0.4 is 16.0 Å². The molecule has 0 aliphatic heterocycles. The fraction of sp³-hybridized carbons (Fsp3) is 0.926. The molecule has 0 rings (SSSR count). The lowest BCUT2D eigenvalue weighted by molar-refractivity contribution is -0.121. The van der Waals surface area contributed by atoms with Gasteiger partial charge >= 0.3 is 0 Å². The van der Waals surface area contributed by atoms with Crippen LogP contribution in [0.4, 0.5) is 0 Å². The van der Waals surface area contributed by atoms with Gasteiger partial charge in [-0.05, 0) is 47.2 Å². The van der Waals surface area contributed by atoms with Crippen LogP contribution in [0.1, 0.15) is 109 Å². The van der Waals surface area contributed by atoms with E-state index in [9.17, 15) is 9.59 Å². The Morgan fingerprint density at radius 3 is 1.80 bits per heavy atom. The minimum Gasteiger partial charge on any atom is -0.377 e. The zero-order valence-electron chi connectivity index (χ0n) is 26.3. The Balaban J connectivity index is -0.0000000932. The Labute approximate surface area is 223 Å². The molecule has 0 saturated carbocycles. The van der Waals surface area contributed by atoms with Gasteiger partial charge in [0.15, 0.2) is 0 Å². The van der Waals surface area contributed by atoms with Gasteiger partial charge in [-0.2, -0.15) is 0 Å². The summed E-state index contributed by atoms with van der Waals surface area (Å²) in [6, 6.07) is 0. The first-order valence-corrected chi connectivity index (χ1v) is 14.1. The van der Waals surface area contributed by atoms with E-state index in [0.29, 0.717) is 32.4 Å². The van der Waals surface area contributed by atoms with Crippen molar-refractivity contribution < 1.29 is 19.1 Å². The SMILES string of the molecule is CC.CC.CC.CC.CNC(=O)CCC(C)OCCNC=O.CNCCC(C)(C)OCC(C)(C)P. The fourth-order valence-electron chi connectivity index (χ4n) is 1.80. The molecule has 0 aromatic rings. The van der Waals surface area contributed by atoms with E-state index >= 15 is 0 Å². The van der Waals surface area contributed by atoms with Crippen molar-refractivity contribution in [1.82, 2.24) is 16.0 Å². The first kappa shape index (κ1) is 47.4. The van der Waals surface area contributed by atoms with Crippen molar-refractivity contribution in [2.45, 2.75) is 126 Å². The third-order valence-electron chi connectivity index (χ3n) is 3.60. The van der Waals surface area contributed by atoms with Crippen LogP contribution in [0, 0.1) is 0 Å². The maximum Gasteiger partial charge on any atom is 0.219 e. The molecule has 0 bridgehead atoms. The quantitative estimate of drug-likeness (QED) is 0.151. The second kappa shape index (κ2) is 37.8. The predicted octanol–water partition coefficient (Wildman–Crippen LogP) is 5.81. The Kier molecular flexibility index (Phi) is 51.2. The standard InChI is InChI=1S/C10H24NOP.C9H18N2O3.4C2H6/c1-9(2,6-7-11-5)12-8-10(3,4)13;1-8(3-4-9(13)10-2)14-6-5-11-7-12;4*1-2/h11H,6-8,13H2,1-5H3;7-8H,3-6H2,1-2H3,(H,10,13)(H,11,12);4*1-2H3. The molecule has 2 amide bonds. The maximum atomic E-state index is 10.9. The van der Waals surface area contributed by atoms with Crippen LogP contribution >= 0.6 is 9.24 Å². The summed E-state index contributed by atoms with van der Waals surface area (Å²) in [4.78, 5) is 20.8. The lowest BCUT2D eigenvalue weighted by Gasteiger charge is -2.29. The highest BCUT2D eigenvalue weighted by molar-refractivity contribution is 7.18. The highest BCUT2D eigenvalue weighted by atomic mass is 31.0. The van der Waals surface area contributed by atoms with Crippen molar-refractivity contribution in [3.8, 4) is 0 Å². The van der Waals surface area contributed by atoms with E-state index < -0.39 is 0 Å². The van der Waals surface area contributed by atoms with E-state index in [2.05, 4.69) is 52.9 Å². The Morgan fingerprint density at radius 1 is 0.943 bits per heavy atom. The molecule has 2 atom stereocenters. The molecule has 2 unspecified atom stereocenters. The highest BCUT2D eigenvalue weighted by Gasteiger charge is 2.21. The third kappa shape index (κ3) is 55.2. The molecular formula is C27H66N3O4P. The monoisotopic (exact) mass is 527 g/mol. The molecule has 0 spiro atoms. The largest absolute Gasteiger partial charge is 0.377 e. The lowest BCUT2D eigenvalue weighted by atomic mass is 10.0. The fourth-order valence-corrected chi connectivity index (χ4v) is 1.88. The average Bonchev–Trinajstić information content (AvgIpc) is 2.87. The van der Waals surface area contributed by atoms with Crippen LogP contribution in [-0.2, 0) is 19.1 Å². The molecule has 0 fully saturated rings. The second-order valence-electron chi connectivity index (χ2n) is 7.86. The van der Waals surface area contributed by atoms with E-state index in [-0.39, 0.29) is 22.8 Å². The number of hydrogen-bond acceptors (Lipinski definition) is 5. The van der Waals surface area contributed by atoms with Crippen molar-refractivity contribution in [2.75, 3.05) is 40.4 Å². The molecule has 3 N–H and O–H groups in total. The highest BCUT2D eigenvalue weighted by Crippen LogP contribution is 2.21. The summed E-state index contributed by atoms with van der Waals surface area (Å²) in [7, 11) is 6.38. The number of carbonyl (C=O) groups excluding carboxylic acids is 2. The molecule has 35 heavy (non-hydrogen) atoms. The van der Waals surface area contributed by atoms with E-state index in [0.717, 1.165) is 19.6 Å². The first-order chi connectivity index (χ1) is 16.5. The van der Waals surface area contributed by atoms with E-state index in [1.165, 1.54) is 0 Å². The number of hydrogen-bond donors (Lipinski definition) is 3. The molecular weight excluding hydrogens is 461 g/mol. The van der Waals surface area contributed by atoms with E-state index in [1.807, 2.05) is 69.4 Å². The van der Waals surface area contributed by atoms with Gasteiger partial charge in [0.2, 0.25) is 12.3 Å². The molecule has 0 heterocycles. The molecule has 0 aromatic heterocycles. The summed E-state index contributed by atoms with van der Waals surface area (Å²) in [5.41, 5.74) is -0.0170. The van der Waals surface area contributed by atoms with Gasteiger partial charge in [0.05, 0.1) is 24.9 Å². The van der Waals surface area contributed by atoms with Crippen LogP contribution in [0.5, 0.6) is 0 Å². The van der Waals surface area contributed by atoms with E-state index in [1.54, 1.807) is 7.05 Å².